The van der Waals surface area contributed by atoms with E-state index in [2.05, 4.69) is 23.5 Å². The highest BCUT2D eigenvalue weighted by Gasteiger charge is 2.25. The molecule has 8 nitrogen and oxygen atoms in total. The molecule has 3 aromatic carbocycles. The highest BCUT2D eigenvalue weighted by Crippen LogP contribution is 2.29. The number of carbonyl (C=O) groups is 2. The normalized spacial score (nSPS) is 12.1. The Hall–Kier alpha value is -4.64. The van der Waals surface area contributed by atoms with Crippen molar-refractivity contribution in [3.8, 4) is 5.75 Å². The first-order chi connectivity index (χ1) is 17.9. The minimum Gasteiger partial charge on any atom is -0.478 e. The summed E-state index contributed by atoms with van der Waals surface area (Å²) >= 11 is 0.994. The smallest absolute Gasteiger partial charge is 0.387 e. The molecule has 37 heavy (non-hydrogen) atoms. The fraction of sp³-hybridized carbons (Fsp3) is 0.0769. The first-order valence-corrected chi connectivity index (χ1v) is 11.6. The number of fused-ring (bicyclic) bond motifs is 2. The number of carbonyl (C=O) groups excluding carboxylic acids is 1. The summed E-state index contributed by atoms with van der Waals surface area (Å²) in [4.78, 5) is 34.8. The van der Waals surface area contributed by atoms with E-state index in [0.29, 0.717) is 27.6 Å². The third kappa shape index (κ3) is 5.16. The maximum atomic E-state index is 13.7. The molecule has 11 heteroatoms. The molecule has 0 aliphatic heterocycles. The number of hydrogen-bond donors (Lipinski definition) is 1. The summed E-state index contributed by atoms with van der Waals surface area (Å²) in [6, 6.07) is 15.1. The standard InChI is InChI=1S/C26H16F2N4O4S/c27-26(28)36-17-5-2-15(3-6-17)24(33)18(11-14-1-7-19-21(12-14)30-10-9-29-19)23(25(34)35)16-4-8-20-22(13-16)32-37-31-20/h1-10,12-13,26H,11H2,(H,34,35). The van der Waals surface area contributed by atoms with Gasteiger partial charge in [-0.1, -0.05) is 12.1 Å². The van der Waals surface area contributed by atoms with Crippen LogP contribution in [0.3, 0.4) is 0 Å². The van der Waals surface area contributed by atoms with E-state index in [1.54, 1.807) is 42.6 Å². The number of carboxylic acid groups (broad SMARTS) is 1. The molecule has 0 saturated carbocycles. The third-order valence-electron chi connectivity index (χ3n) is 5.59. The number of aromatic nitrogens is 4. The van der Waals surface area contributed by atoms with Gasteiger partial charge >= 0.3 is 12.6 Å². The van der Waals surface area contributed by atoms with Gasteiger partial charge in [0.2, 0.25) is 0 Å². The first kappa shape index (κ1) is 24.1. The molecular formula is C26H16F2N4O4S. The quantitative estimate of drug-likeness (QED) is 0.220. The number of hydrogen-bond acceptors (Lipinski definition) is 8. The largest absolute Gasteiger partial charge is 0.478 e. The van der Waals surface area contributed by atoms with E-state index >= 15 is 0 Å². The zero-order valence-electron chi connectivity index (χ0n) is 18.8. The number of benzene rings is 3. The Morgan fingerprint density at radius 1 is 0.838 bits per heavy atom. The Labute approximate surface area is 212 Å². The molecule has 0 aliphatic rings. The Balaban J connectivity index is 1.64. The Bertz CT molecular complexity index is 1670. The van der Waals surface area contributed by atoms with E-state index in [0.717, 1.165) is 11.7 Å². The van der Waals surface area contributed by atoms with Gasteiger partial charge in [-0.15, -0.1) is 0 Å². The van der Waals surface area contributed by atoms with Crippen LogP contribution in [0, 0.1) is 0 Å². The fourth-order valence-electron chi connectivity index (χ4n) is 3.93. The van der Waals surface area contributed by atoms with Crippen molar-refractivity contribution in [2.75, 3.05) is 0 Å². The molecule has 5 rings (SSSR count). The van der Waals surface area contributed by atoms with Gasteiger partial charge < -0.3 is 9.84 Å². The summed E-state index contributed by atoms with van der Waals surface area (Å²) in [6.45, 7) is -3.01. The number of Topliss-reactive ketones (excluding diaryl/α,β-unsaturated/α-hetero) is 1. The van der Waals surface area contributed by atoms with Crippen LogP contribution in [-0.4, -0.2) is 42.2 Å². The molecule has 0 atom stereocenters. The number of halogens is 2. The monoisotopic (exact) mass is 518 g/mol. The van der Waals surface area contributed by atoms with Crippen LogP contribution in [0.15, 0.2) is 78.6 Å². The third-order valence-corrected chi connectivity index (χ3v) is 6.15. The molecule has 0 fully saturated rings. The molecule has 2 heterocycles. The van der Waals surface area contributed by atoms with Crippen molar-refractivity contribution >= 4 is 51.1 Å². The Morgan fingerprint density at radius 2 is 1.51 bits per heavy atom. The maximum absolute atomic E-state index is 13.7. The van der Waals surface area contributed by atoms with Gasteiger partial charge in [0.15, 0.2) is 5.78 Å². The first-order valence-electron chi connectivity index (χ1n) is 10.9. The highest BCUT2D eigenvalue weighted by molar-refractivity contribution is 7.00. The second-order valence-electron chi connectivity index (χ2n) is 7.91. The van der Waals surface area contributed by atoms with Crippen LogP contribution in [0.25, 0.3) is 27.6 Å². The number of carboxylic acids is 1. The van der Waals surface area contributed by atoms with Gasteiger partial charge in [-0.05, 0) is 59.7 Å². The zero-order chi connectivity index (χ0) is 25.9. The Kier molecular flexibility index (Phi) is 6.60. The molecule has 5 aromatic rings. The van der Waals surface area contributed by atoms with Gasteiger partial charge in [-0.2, -0.15) is 17.5 Å². The summed E-state index contributed by atoms with van der Waals surface area (Å²) in [7, 11) is 0. The second kappa shape index (κ2) is 10.2. The van der Waals surface area contributed by atoms with Crippen LogP contribution in [0.5, 0.6) is 5.75 Å². The van der Waals surface area contributed by atoms with E-state index in [9.17, 15) is 23.5 Å². The Morgan fingerprint density at radius 3 is 2.24 bits per heavy atom. The van der Waals surface area contributed by atoms with Crippen LogP contribution >= 0.6 is 11.7 Å². The lowest BCUT2D eigenvalue weighted by atomic mass is 9.89. The van der Waals surface area contributed by atoms with Crippen molar-refractivity contribution in [3.63, 3.8) is 0 Å². The lowest BCUT2D eigenvalue weighted by molar-refractivity contribution is -0.130. The van der Waals surface area contributed by atoms with Crippen molar-refractivity contribution in [1.82, 2.24) is 18.7 Å². The van der Waals surface area contributed by atoms with E-state index in [1.165, 1.54) is 30.5 Å². The molecule has 0 radical (unpaired) electrons. The summed E-state index contributed by atoms with van der Waals surface area (Å²) in [5, 5.41) is 10.2. The van der Waals surface area contributed by atoms with Crippen molar-refractivity contribution in [3.05, 3.63) is 95.3 Å². The molecule has 184 valence electrons. The predicted octanol–water partition coefficient (Wildman–Crippen LogP) is 5.20. The van der Waals surface area contributed by atoms with E-state index < -0.39 is 18.4 Å². The van der Waals surface area contributed by atoms with Crippen LogP contribution in [0.2, 0.25) is 0 Å². The van der Waals surface area contributed by atoms with E-state index in [-0.39, 0.29) is 34.4 Å². The van der Waals surface area contributed by atoms with Gasteiger partial charge in [-0.3, -0.25) is 14.8 Å². The van der Waals surface area contributed by atoms with Gasteiger partial charge in [0.25, 0.3) is 0 Å². The summed E-state index contributed by atoms with van der Waals surface area (Å²) < 4.78 is 37.8. The molecule has 0 aliphatic carbocycles. The molecule has 0 amide bonds. The van der Waals surface area contributed by atoms with Crippen LogP contribution in [-0.2, 0) is 11.2 Å². The average Bonchev–Trinajstić information content (AvgIpc) is 3.36. The van der Waals surface area contributed by atoms with E-state index in [1.807, 2.05) is 0 Å². The number of nitrogens with zero attached hydrogens (tertiary/aromatic N) is 4. The van der Waals surface area contributed by atoms with E-state index in [4.69, 9.17) is 0 Å². The topological polar surface area (TPSA) is 115 Å². The molecule has 0 bridgehead atoms. The minimum atomic E-state index is -3.01. The number of ether oxygens (including phenoxy) is 1. The number of rotatable bonds is 8. The van der Waals surface area contributed by atoms with Crippen molar-refractivity contribution < 1.29 is 28.2 Å². The summed E-state index contributed by atoms with van der Waals surface area (Å²) in [5.41, 5.74) is 3.19. The molecule has 0 saturated heterocycles. The van der Waals surface area contributed by atoms with Crippen molar-refractivity contribution in [2.24, 2.45) is 0 Å². The average molecular weight is 519 g/mol. The van der Waals surface area contributed by atoms with Crippen molar-refractivity contribution in [2.45, 2.75) is 13.0 Å². The van der Waals surface area contributed by atoms with Gasteiger partial charge in [0, 0.05) is 30.0 Å². The SMILES string of the molecule is O=C(O)C(=C(Cc1ccc2nccnc2c1)C(=O)c1ccc(OC(F)F)cc1)c1ccc2nsnc2c1. The number of allylic oxidation sites excluding steroid dienone is 1. The second-order valence-corrected chi connectivity index (χ2v) is 8.44. The molecule has 1 N–H and O–H groups in total. The summed E-state index contributed by atoms with van der Waals surface area (Å²) in [5.74, 6) is -1.99. The predicted molar refractivity (Wildman–Crippen MR) is 133 cm³/mol. The van der Waals surface area contributed by atoms with Crippen LogP contribution in [0.4, 0.5) is 8.78 Å². The van der Waals surface area contributed by atoms with Gasteiger partial charge in [0.05, 0.1) is 28.3 Å². The lowest BCUT2D eigenvalue weighted by Gasteiger charge is -2.14. The molecule has 0 spiro atoms. The number of aliphatic carboxylic acids is 1. The molecule has 0 unspecified atom stereocenters. The van der Waals surface area contributed by atoms with Crippen molar-refractivity contribution in [1.29, 1.82) is 0 Å². The van der Waals surface area contributed by atoms with Crippen LogP contribution < -0.4 is 4.74 Å². The lowest BCUT2D eigenvalue weighted by Crippen LogP contribution is -2.14. The van der Waals surface area contributed by atoms with Gasteiger partial charge in [-0.25, -0.2) is 4.79 Å². The number of alkyl halides is 2. The molecular weight excluding hydrogens is 502 g/mol. The molecule has 2 aromatic heterocycles. The summed E-state index contributed by atoms with van der Waals surface area (Å²) in [6.07, 6.45) is 3.07. The zero-order valence-corrected chi connectivity index (χ0v) is 19.7. The number of ketones is 1. The maximum Gasteiger partial charge on any atom is 0.387 e. The van der Waals surface area contributed by atoms with Crippen LogP contribution in [0.1, 0.15) is 21.5 Å². The highest BCUT2D eigenvalue weighted by atomic mass is 32.1. The van der Waals surface area contributed by atoms with Gasteiger partial charge in [0.1, 0.15) is 16.8 Å². The minimum absolute atomic E-state index is 0.000747. The fourth-order valence-corrected chi connectivity index (χ4v) is 4.45.